The van der Waals surface area contributed by atoms with Crippen LogP contribution in [0.25, 0.3) is 0 Å². The zero-order valence-electron chi connectivity index (χ0n) is 18.4. The Morgan fingerprint density at radius 3 is 2.60 bits per heavy atom. The molecule has 3 unspecified atom stereocenters. The quantitative estimate of drug-likeness (QED) is 0.770. The van der Waals surface area contributed by atoms with E-state index < -0.39 is 5.60 Å². The molecule has 8 atom stereocenters. The van der Waals surface area contributed by atoms with Crippen LogP contribution in [0.15, 0.2) is 12.4 Å². The number of aromatic nitrogens is 3. The summed E-state index contributed by atoms with van der Waals surface area (Å²) in [7, 11) is 0. The second kappa shape index (κ2) is 7.48. The average Bonchev–Trinajstić information content (AvgIpc) is 3.34. The highest BCUT2D eigenvalue weighted by molar-refractivity contribution is 5.81. The van der Waals surface area contributed by atoms with Crippen LogP contribution in [0.5, 0.6) is 0 Å². The van der Waals surface area contributed by atoms with E-state index in [9.17, 15) is 9.90 Å². The highest BCUT2D eigenvalue weighted by Crippen LogP contribution is 2.64. The van der Waals surface area contributed by atoms with Crippen molar-refractivity contribution in [3.8, 4) is 11.8 Å². The summed E-state index contributed by atoms with van der Waals surface area (Å²) in [6.45, 7) is 4.56. The van der Waals surface area contributed by atoms with E-state index in [1.807, 2.05) is 6.92 Å². The van der Waals surface area contributed by atoms with Gasteiger partial charge in [0.15, 0.2) is 5.78 Å². The number of Topliss-reactive ketones (excluding diaryl/α,β-unsaturated/α-hetero) is 1. The molecule has 4 fully saturated rings. The van der Waals surface area contributed by atoms with Crippen molar-refractivity contribution in [2.24, 2.45) is 40.9 Å². The topological polar surface area (TPSA) is 68.0 Å². The van der Waals surface area contributed by atoms with Crippen LogP contribution in [-0.4, -0.2) is 31.5 Å². The second-order valence-electron chi connectivity index (χ2n) is 10.8. The Labute approximate surface area is 180 Å². The molecular weight excluding hydrogens is 374 g/mol. The highest BCUT2D eigenvalue weighted by Gasteiger charge is 2.58. The summed E-state index contributed by atoms with van der Waals surface area (Å²) < 4.78 is 0. The largest absolute Gasteiger partial charge is 0.378 e. The van der Waals surface area contributed by atoms with E-state index in [0.717, 1.165) is 43.4 Å². The number of hydrogen-bond acceptors (Lipinski definition) is 4. The van der Waals surface area contributed by atoms with Gasteiger partial charge in [-0.3, -0.25) is 4.79 Å². The highest BCUT2D eigenvalue weighted by atomic mass is 16.3. The first-order valence-electron chi connectivity index (χ1n) is 12.0. The van der Waals surface area contributed by atoms with Crippen molar-refractivity contribution in [2.45, 2.75) is 83.8 Å². The molecule has 4 aliphatic rings. The summed E-state index contributed by atoms with van der Waals surface area (Å²) in [5, 5.41) is 19.2. The molecule has 1 N–H and O–H groups in total. The summed E-state index contributed by atoms with van der Waals surface area (Å²) >= 11 is 0. The van der Waals surface area contributed by atoms with Crippen LogP contribution in [0.1, 0.15) is 71.6 Å². The van der Waals surface area contributed by atoms with E-state index >= 15 is 0 Å². The molecule has 30 heavy (non-hydrogen) atoms. The standard InChI is InChI=1S/C25H35N3O2/c1-3-10-25(30)12-9-18-17(15-25)4-5-20-19(18)8-11-24(2)21(20)6-7-22(24)23(29)16-28-26-13-14-27-28/h13-14,17-22,30H,4-9,11-12,15-16H2,1-2H3/t17-,18+,19?,20?,21?,22-,24+,25-/m1/s1. The Hall–Kier alpha value is -1.67. The van der Waals surface area contributed by atoms with Crippen molar-refractivity contribution in [3.05, 3.63) is 12.4 Å². The smallest absolute Gasteiger partial charge is 0.159 e. The number of carbonyl (C=O) groups is 1. The number of hydrogen-bond donors (Lipinski definition) is 1. The third kappa shape index (κ3) is 3.23. The van der Waals surface area contributed by atoms with Gasteiger partial charge in [-0.25, -0.2) is 0 Å². The van der Waals surface area contributed by atoms with Gasteiger partial charge in [-0.05, 0) is 99.7 Å². The minimum Gasteiger partial charge on any atom is -0.378 e. The first kappa shape index (κ1) is 20.2. The minimum absolute atomic E-state index is 0.140. The van der Waals surface area contributed by atoms with Gasteiger partial charge in [-0.1, -0.05) is 12.8 Å². The number of rotatable bonds is 3. The van der Waals surface area contributed by atoms with Crippen molar-refractivity contribution in [1.82, 2.24) is 15.0 Å². The fraction of sp³-hybridized carbons (Fsp3) is 0.800. The van der Waals surface area contributed by atoms with Crippen molar-refractivity contribution in [3.63, 3.8) is 0 Å². The Balaban J connectivity index is 1.31. The Bertz CT molecular complexity index is 855. The maximum atomic E-state index is 13.2. The molecule has 0 bridgehead atoms. The lowest BCUT2D eigenvalue weighted by Crippen LogP contribution is -2.51. The normalized spacial score (nSPS) is 44.9. The van der Waals surface area contributed by atoms with Gasteiger partial charge in [0.05, 0.1) is 12.4 Å². The predicted octanol–water partition coefficient (Wildman–Crippen LogP) is 3.87. The van der Waals surface area contributed by atoms with Crippen LogP contribution in [0, 0.1) is 52.8 Å². The molecule has 1 heterocycles. The van der Waals surface area contributed by atoms with Crippen molar-refractivity contribution < 1.29 is 9.90 Å². The van der Waals surface area contributed by atoms with E-state index in [1.54, 1.807) is 12.4 Å². The number of nitrogens with zero attached hydrogens (tertiary/aromatic N) is 3. The van der Waals surface area contributed by atoms with Crippen molar-refractivity contribution >= 4 is 5.78 Å². The molecular formula is C25H35N3O2. The third-order valence-electron chi connectivity index (χ3n) is 9.52. The molecule has 5 nitrogen and oxygen atoms in total. The third-order valence-corrected chi connectivity index (χ3v) is 9.52. The van der Waals surface area contributed by atoms with Crippen LogP contribution in [0.4, 0.5) is 0 Å². The van der Waals surface area contributed by atoms with Gasteiger partial charge in [0.2, 0.25) is 0 Å². The summed E-state index contributed by atoms with van der Waals surface area (Å²) in [6.07, 6.45) is 13.2. The van der Waals surface area contributed by atoms with E-state index in [4.69, 9.17) is 0 Å². The number of aliphatic hydroxyl groups is 1. The summed E-state index contributed by atoms with van der Waals surface area (Å²) in [4.78, 5) is 14.7. The molecule has 1 aromatic rings. The lowest BCUT2D eigenvalue weighted by molar-refractivity contribution is -0.132. The average molecular weight is 410 g/mol. The molecule has 0 spiro atoms. The Morgan fingerprint density at radius 2 is 1.83 bits per heavy atom. The van der Waals surface area contributed by atoms with Gasteiger partial charge in [0, 0.05) is 5.92 Å². The van der Waals surface area contributed by atoms with Crippen molar-refractivity contribution in [2.75, 3.05) is 0 Å². The summed E-state index contributed by atoms with van der Waals surface area (Å²) in [5.41, 5.74) is -0.612. The van der Waals surface area contributed by atoms with Crippen LogP contribution < -0.4 is 0 Å². The van der Waals surface area contributed by atoms with E-state index in [0.29, 0.717) is 24.2 Å². The number of fused-ring (bicyclic) bond motifs is 5. The fourth-order valence-corrected chi connectivity index (χ4v) is 8.33. The van der Waals surface area contributed by atoms with Gasteiger partial charge >= 0.3 is 0 Å². The molecule has 5 heteroatoms. The molecule has 4 saturated carbocycles. The van der Waals surface area contributed by atoms with Crippen LogP contribution in [0.2, 0.25) is 0 Å². The first-order valence-corrected chi connectivity index (χ1v) is 12.0. The Morgan fingerprint density at radius 1 is 1.07 bits per heavy atom. The lowest BCUT2D eigenvalue weighted by atomic mass is 9.49. The van der Waals surface area contributed by atoms with Crippen molar-refractivity contribution in [1.29, 1.82) is 0 Å². The van der Waals surface area contributed by atoms with Gasteiger partial charge in [0.1, 0.15) is 12.1 Å². The molecule has 0 aromatic carbocycles. The molecule has 1 aromatic heterocycles. The molecule has 0 radical (unpaired) electrons. The van der Waals surface area contributed by atoms with Crippen LogP contribution in [0.3, 0.4) is 0 Å². The fourth-order valence-electron chi connectivity index (χ4n) is 8.33. The summed E-state index contributed by atoms with van der Waals surface area (Å²) in [6, 6.07) is 0. The molecule has 0 amide bonds. The summed E-state index contributed by atoms with van der Waals surface area (Å²) in [5.74, 6) is 10.1. The predicted molar refractivity (Wildman–Crippen MR) is 114 cm³/mol. The van der Waals surface area contributed by atoms with Gasteiger partial charge in [0.25, 0.3) is 0 Å². The Kier molecular flexibility index (Phi) is 5.05. The molecule has 4 aliphatic carbocycles. The van der Waals surface area contributed by atoms with Gasteiger partial charge in [-0.2, -0.15) is 15.0 Å². The number of ketones is 1. The van der Waals surface area contributed by atoms with E-state index in [1.165, 1.54) is 36.9 Å². The zero-order chi connectivity index (χ0) is 20.9. The maximum Gasteiger partial charge on any atom is 0.159 e. The van der Waals surface area contributed by atoms with Crippen LogP contribution in [-0.2, 0) is 11.3 Å². The van der Waals surface area contributed by atoms with E-state index in [2.05, 4.69) is 29.0 Å². The number of carbonyl (C=O) groups excluding carboxylic acids is 1. The molecule has 162 valence electrons. The van der Waals surface area contributed by atoms with E-state index in [-0.39, 0.29) is 11.3 Å². The zero-order valence-corrected chi connectivity index (χ0v) is 18.4. The molecule has 0 aliphatic heterocycles. The molecule has 5 rings (SSSR count). The monoisotopic (exact) mass is 409 g/mol. The van der Waals surface area contributed by atoms with Gasteiger partial charge in [-0.15, -0.1) is 5.92 Å². The first-order chi connectivity index (χ1) is 14.4. The lowest BCUT2D eigenvalue weighted by Gasteiger charge is -2.56. The molecule has 0 saturated heterocycles. The SMILES string of the molecule is CC#C[C@@]1(O)CC[C@@H]2C3CC[C@@]4(C)C(CC[C@@H]4C(=O)Cn4nccn4)C3CC[C@@H]2C1. The maximum absolute atomic E-state index is 13.2. The van der Waals surface area contributed by atoms with Gasteiger partial charge < -0.3 is 5.11 Å². The second-order valence-corrected chi connectivity index (χ2v) is 10.8. The minimum atomic E-state index is -0.753. The van der Waals surface area contributed by atoms with Crippen LogP contribution >= 0.6 is 0 Å².